The Morgan fingerprint density at radius 2 is 1.77 bits per heavy atom. The van der Waals surface area contributed by atoms with Gasteiger partial charge in [0.25, 0.3) is 5.91 Å². The molecule has 0 spiro atoms. The molecule has 0 saturated carbocycles. The van der Waals surface area contributed by atoms with E-state index in [0.717, 1.165) is 37.2 Å². The van der Waals surface area contributed by atoms with Gasteiger partial charge in [-0.05, 0) is 55.8 Å². The SMILES string of the molecule is CN(C(=O)c1ccncc1)c1ccc(CNC(=O)C2CCNCC2)cc1. The fourth-order valence-corrected chi connectivity index (χ4v) is 3.06. The number of amides is 2. The van der Waals surface area contributed by atoms with Crippen LogP contribution in [0.3, 0.4) is 0 Å². The number of aromatic nitrogens is 1. The highest BCUT2D eigenvalue weighted by Gasteiger charge is 2.20. The van der Waals surface area contributed by atoms with Crippen molar-refractivity contribution >= 4 is 17.5 Å². The number of piperidine rings is 1. The molecule has 2 aromatic rings. The van der Waals surface area contributed by atoms with E-state index in [-0.39, 0.29) is 17.7 Å². The van der Waals surface area contributed by atoms with E-state index in [9.17, 15) is 9.59 Å². The van der Waals surface area contributed by atoms with E-state index < -0.39 is 0 Å². The predicted octanol–water partition coefficient (Wildman–Crippen LogP) is 1.97. The molecule has 3 rings (SSSR count). The summed E-state index contributed by atoms with van der Waals surface area (Å²) in [5.74, 6) is 0.152. The molecule has 0 unspecified atom stereocenters. The van der Waals surface area contributed by atoms with Gasteiger partial charge >= 0.3 is 0 Å². The molecular formula is C20H24N4O2. The molecular weight excluding hydrogens is 328 g/mol. The minimum absolute atomic E-state index is 0.0839. The molecule has 6 nitrogen and oxygen atoms in total. The van der Waals surface area contributed by atoms with Crippen molar-refractivity contribution in [3.05, 3.63) is 59.9 Å². The third-order valence-corrected chi connectivity index (χ3v) is 4.73. The second kappa shape index (κ2) is 8.58. The number of anilines is 1. The standard InChI is InChI=1S/C20H24N4O2/c1-24(20(26)17-8-12-22-13-9-17)18-4-2-15(3-5-18)14-23-19(25)16-6-10-21-11-7-16/h2-5,8-9,12-13,16,21H,6-7,10-11,14H2,1H3,(H,23,25). The van der Waals surface area contributed by atoms with Crippen LogP contribution in [0.1, 0.15) is 28.8 Å². The maximum absolute atomic E-state index is 12.5. The normalized spacial score (nSPS) is 14.7. The largest absolute Gasteiger partial charge is 0.352 e. The van der Waals surface area contributed by atoms with Crippen LogP contribution in [0, 0.1) is 5.92 Å². The maximum atomic E-state index is 12.5. The third kappa shape index (κ3) is 4.46. The molecule has 1 fully saturated rings. The van der Waals surface area contributed by atoms with E-state index in [1.54, 1.807) is 36.5 Å². The Morgan fingerprint density at radius 1 is 1.12 bits per heavy atom. The van der Waals surface area contributed by atoms with Crippen LogP contribution in [0.5, 0.6) is 0 Å². The summed E-state index contributed by atoms with van der Waals surface area (Å²) in [6.07, 6.45) is 5.00. The van der Waals surface area contributed by atoms with E-state index >= 15 is 0 Å². The molecule has 1 saturated heterocycles. The number of rotatable bonds is 5. The zero-order valence-corrected chi connectivity index (χ0v) is 14.9. The number of benzene rings is 1. The van der Waals surface area contributed by atoms with Gasteiger partial charge in [0.15, 0.2) is 0 Å². The highest BCUT2D eigenvalue weighted by atomic mass is 16.2. The fraction of sp³-hybridized carbons (Fsp3) is 0.350. The number of carbonyl (C=O) groups is 2. The van der Waals surface area contributed by atoms with Gasteiger partial charge in [-0.15, -0.1) is 0 Å². The summed E-state index contributed by atoms with van der Waals surface area (Å²) in [7, 11) is 1.75. The van der Waals surface area contributed by atoms with Crippen LogP contribution >= 0.6 is 0 Å². The maximum Gasteiger partial charge on any atom is 0.258 e. The van der Waals surface area contributed by atoms with Crippen molar-refractivity contribution in [2.45, 2.75) is 19.4 Å². The summed E-state index contributed by atoms with van der Waals surface area (Å²) in [6, 6.07) is 11.1. The predicted molar refractivity (Wildman–Crippen MR) is 101 cm³/mol. The Hall–Kier alpha value is -2.73. The Balaban J connectivity index is 1.56. The molecule has 26 heavy (non-hydrogen) atoms. The van der Waals surface area contributed by atoms with Crippen LogP contribution in [0.25, 0.3) is 0 Å². The molecule has 136 valence electrons. The first-order valence-electron chi connectivity index (χ1n) is 8.90. The van der Waals surface area contributed by atoms with E-state index in [1.165, 1.54) is 0 Å². The summed E-state index contributed by atoms with van der Waals surface area (Å²) in [6.45, 7) is 2.32. The molecule has 2 amide bonds. The van der Waals surface area contributed by atoms with E-state index in [2.05, 4.69) is 15.6 Å². The summed E-state index contributed by atoms with van der Waals surface area (Å²) in [4.78, 5) is 30.2. The fourth-order valence-electron chi connectivity index (χ4n) is 3.06. The molecule has 0 radical (unpaired) electrons. The number of nitrogens with one attached hydrogen (secondary N) is 2. The number of nitrogens with zero attached hydrogens (tertiary/aromatic N) is 2. The number of carbonyl (C=O) groups excluding carboxylic acids is 2. The summed E-state index contributed by atoms with van der Waals surface area (Å²) < 4.78 is 0. The van der Waals surface area contributed by atoms with Gasteiger partial charge in [-0.2, -0.15) is 0 Å². The molecule has 0 atom stereocenters. The second-order valence-electron chi connectivity index (χ2n) is 6.51. The lowest BCUT2D eigenvalue weighted by Gasteiger charge is -2.22. The average molecular weight is 352 g/mol. The molecule has 1 aliphatic heterocycles. The Bertz CT molecular complexity index is 740. The first kappa shape index (κ1) is 18.1. The van der Waals surface area contributed by atoms with Crippen molar-refractivity contribution < 1.29 is 9.59 Å². The van der Waals surface area contributed by atoms with Crippen LogP contribution in [0.15, 0.2) is 48.8 Å². The smallest absolute Gasteiger partial charge is 0.258 e. The van der Waals surface area contributed by atoms with E-state index in [4.69, 9.17) is 0 Å². The van der Waals surface area contributed by atoms with Crippen LogP contribution in [-0.4, -0.2) is 36.9 Å². The highest BCUT2D eigenvalue weighted by Crippen LogP contribution is 2.17. The van der Waals surface area contributed by atoms with E-state index in [0.29, 0.717) is 12.1 Å². The van der Waals surface area contributed by atoms with Crippen molar-refractivity contribution in [3.8, 4) is 0 Å². The quantitative estimate of drug-likeness (QED) is 0.863. The van der Waals surface area contributed by atoms with Crippen molar-refractivity contribution in [2.24, 2.45) is 5.92 Å². The van der Waals surface area contributed by atoms with Crippen molar-refractivity contribution in [1.29, 1.82) is 0 Å². The van der Waals surface area contributed by atoms with Crippen LogP contribution < -0.4 is 15.5 Å². The molecule has 1 aromatic heterocycles. The molecule has 1 aromatic carbocycles. The topological polar surface area (TPSA) is 74.3 Å². The van der Waals surface area contributed by atoms with Crippen molar-refractivity contribution in [1.82, 2.24) is 15.6 Å². The minimum Gasteiger partial charge on any atom is -0.352 e. The average Bonchev–Trinajstić information content (AvgIpc) is 2.72. The van der Waals surface area contributed by atoms with Gasteiger partial charge in [0, 0.05) is 43.2 Å². The minimum atomic E-state index is -0.0839. The van der Waals surface area contributed by atoms with Gasteiger partial charge < -0.3 is 15.5 Å². The first-order chi connectivity index (χ1) is 12.6. The number of hydrogen-bond donors (Lipinski definition) is 2. The molecule has 6 heteroatoms. The zero-order chi connectivity index (χ0) is 18.4. The van der Waals surface area contributed by atoms with Gasteiger partial charge in [-0.25, -0.2) is 0 Å². The lowest BCUT2D eigenvalue weighted by molar-refractivity contribution is -0.125. The molecule has 2 N–H and O–H groups in total. The second-order valence-corrected chi connectivity index (χ2v) is 6.51. The molecule has 0 aliphatic carbocycles. The highest BCUT2D eigenvalue weighted by molar-refractivity contribution is 6.05. The van der Waals surface area contributed by atoms with Gasteiger partial charge in [0.2, 0.25) is 5.91 Å². The lowest BCUT2D eigenvalue weighted by atomic mass is 9.97. The molecule has 1 aliphatic rings. The zero-order valence-electron chi connectivity index (χ0n) is 14.9. The van der Waals surface area contributed by atoms with Crippen LogP contribution in [-0.2, 0) is 11.3 Å². The summed E-state index contributed by atoms with van der Waals surface area (Å²) in [5.41, 5.74) is 2.42. The summed E-state index contributed by atoms with van der Waals surface area (Å²) in [5, 5.41) is 6.28. The third-order valence-electron chi connectivity index (χ3n) is 4.73. The first-order valence-corrected chi connectivity index (χ1v) is 8.90. The Labute approximate surface area is 153 Å². The van der Waals surface area contributed by atoms with E-state index in [1.807, 2.05) is 24.3 Å². The lowest BCUT2D eigenvalue weighted by Crippen LogP contribution is -2.37. The molecule has 2 heterocycles. The number of hydrogen-bond acceptors (Lipinski definition) is 4. The van der Waals surface area contributed by atoms with Crippen LogP contribution in [0.4, 0.5) is 5.69 Å². The summed E-state index contributed by atoms with van der Waals surface area (Å²) >= 11 is 0. The Morgan fingerprint density at radius 3 is 2.42 bits per heavy atom. The van der Waals surface area contributed by atoms with Gasteiger partial charge in [-0.3, -0.25) is 14.6 Å². The Kier molecular flexibility index (Phi) is 5.96. The van der Waals surface area contributed by atoms with Gasteiger partial charge in [0.1, 0.15) is 0 Å². The molecule has 0 bridgehead atoms. The monoisotopic (exact) mass is 352 g/mol. The van der Waals surface area contributed by atoms with Crippen molar-refractivity contribution in [2.75, 3.05) is 25.0 Å². The number of pyridine rings is 1. The van der Waals surface area contributed by atoms with Crippen LogP contribution in [0.2, 0.25) is 0 Å². The van der Waals surface area contributed by atoms with Gasteiger partial charge in [0.05, 0.1) is 0 Å². The van der Waals surface area contributed by atoms with Crippen molar-refractivity contribution in [3.63, 3.8) is 0 Å². The van der Waals surface area contributed by atoms with Gasteiger partial charge in [-0.1, -0.05) is 12.1 Å².